The Balaban J connectivity index is 1.65. The summed E-state index contributed by atoms with van der Waals surface area (Å²) in [5.41, 5.74) is 4.99. The molecule has 4 rings (SSSR count). The Hall–Kier alpha value is -3.17. The number of aromatic amines is 1. The van der Waals surface area contributed by atoms with E-state index in [0.717, 1.165) is 30.0 Å². The van der Waals surface area contributed by atoms with E-state index in [2.05, 4.69) is 40.9 Å². The first-order valence-electron chi connectivity index (χ1n) is 10.1. The number of sulfonamides is 1. The van der Waals surface area contributed by atoms with Gasteiger partial charge in [0.1, 0.15) is 5.69 Å². The number of nitrogens with one attached hydrogen (secondary N) is 2. The van der Waals surface area contributed by atoms with Gasteiger partial charge in [-0.3, -0.25) is 10.1 Å². The van der Waals surface area contributed by atoms with Crippen LogP contribution in [0.4, 0.5) is 11.4 Å². The van der Waals surface area contributed by atoms with Crippen molar-refractivity contribution in [3.8, 4) is 0 Å². The summed E-state index contributed by atoms with van der Waals surface area (Å²) in [7, 11) is -2.48. The van der Waals surface area contributed by atoms with Crippen molar-refractivity contribution in [3.63, 3.8) is 0 Å². The van der Waals surface area contributed by atoms with Crippen molar-refractivity contribution in [1.82, 2.24) is 9.71 Å². The third kappa shape index (κ3) is 3.82. The summed E-state index contributed by atoms with van der Waals surface area (Å²) in [5.74, 6) is 0. The number of nitrogens with zero attached hydrogens (tertiary/aromatic N) is 2. The predicted molar refractivity (Wildman–Crippen MR) is 122 cm³/mol. The van der Waals surface area contributed by atoms with Crippen LogP contribution in [0.5, 0.6) is 0 Å². The van der Waals surface area contributed by atoms with Gasteiger partial charge in [-0.2, -0.15) is 0 Å². The number of benzene rings is 2. The second-order valence-electron chi connectivity index (χ2n) is 7.44. The van der Waals surface area contributed by atoms with Crippen molar-refractivity contribution in [2.24, 2.45) is 0 Å². The number of nitro groups is 1. The Morgan fingerprint density at radius 2 is 2.06 bits per heavy atom. The predicted octanol–water partition coefficient (Wildman–Crippen LogP) is 3.84. The molecule has 0 atom stereocenters. The third-order valence-electron chi connectivity index (χ3n) is 5.80. The van der Waals surface area contributed by atoms with E-state index in [1.54, 1.807) is 0 Å². The van der Waals surface area contributed by atoms with Crippen LogP contribution in [-0.4, -0.2) is 38.5 Å². The number of hydrogen-bond donors (Lipinski definition) is 2. The van der Waals surface area contributed by atoms with Crippen LogP contribution in [0, 0.1) is 10.1 Å². The molecule has 31 heavy (non-hydrogen) atoms. The summed E-state index contributed by atoms with van der Waals surface area (Å²) >= 11 is 0. The fourth-order valence-corrected chi connectivity index (χ4v) is 4.86. The normalized spacial score (nSPS) is 14.6. The lowest BCUT2D eigenvalue weighted by molar-refractivity contribution is -0.384. The zero-order valence-corrected chi connectivity index (χ0v) is 18.2. The van der Waals surface area contributed by atoms with Gasteiger partial charge < -0.3 is 9.88 Å². The summed E-state index contributed by atoms with van der Waals surface area (Å²) in [6, 6.07) is 10.3. The van der Waals surface area contributed by atoms with Gasteiger partial charge in [-0.1, -0.05) is 31.2 Å². The quantitative estimate of drug-likeness (QED) is 0.447. The smallest absolute Gasteiger partial charge is 0.293 e. The highest BCUT2D eigenvalue weighted by atomic mass is 32.2. The maximum absolute atomic E-state index is 12.0. The van der Waals surface area contributed by atoms with Crippen molar-refractivity contribution in [1.29, 1.82) is 0 Å². The van der Waals surface area contributed by atoms with Gasteiger partial charge in [0.2, 0.25) is 10.0 Å². The van der Waals surface area contributed by atoms with E-state index in [9.17, 15) is 18.5 Å². The zero-order chi connectivity index (χ0) is 22.2. The van der Waals surface area contributed by atoms with Crippen LogP contribution in [0.15, 0.2) is 53.6 Å². The molecule has 2 N–H and O–H groups in total. The summed E-state index contributed by atoms with van der Waals surface area (Å²) in [6.45, 7) is 3.24. The number of H-pyrrole nitrogens is 1. The lowest BCUT2D eigenvalue weighted by atomic mass is 9.97. The van der Waals surface area contributed by atoms with Crippen LogP contribution in [0.2, 0.25) is 0 Å². The Morgan fingerprint density at radius 3 is 2.71 bits per heavy atom. The maximum atomic E-state index is 12.0. The van der Waals surface area contributed by atoms with E-state index in [4.69, 9.17) is 0 Å². The van der Waals surface area contributed by atoms with Crippen LogP contribution < -0.4 is 9.62 Å². The van der Waals surface area contributed by atoms with E-state index in [1.807, 2.05) is 11.1 Å². The maximum Gasteiger partial charge on any atom is 0.293 e. The Bertz CT molecular complexity index is 1290. The Labute approximate surface area is 180 Å². The fraction of sp³-hybridized carbons (Fsp3) is 0.273. The number of nitro benzene ring substituents is 1. The molecule has 2 aromatic carbocycles. The SMILES string of the molecule is CCc1cccc2c(C3=CCN(c4ccc(S(=O)(=O)NC)cc4[N+](=O)[O-])CC3)c[nH]c12. The highest BCUT2D eigenvalue weighted by Crippen LogP contribution is 2.35. The second kappa shape index (κ2) is 8.16. The number of aryl methyl sites for hydroxylation is 1. The lowest BCUT2D eigenvalue weighted by Gasteiger charge is -2.28. The van der Waals surface area contributed by atoms with Crippen molar-refractivity contribution < 1.29 is 13.3 Å². The number of aromatic nitrogens is 1. The molecule has 0 saturated carbocycles. The van der Waals surface area contributed by atoms with Crippen molar-refractivity contribution in [2.75, 3.05) is 25.0 Å². The molecule has 1 aromatic heterocycles. The van der Waals surface area contributed by atoms with E-state index >= 15 is 0 Å². The summed E-state index contributed by atoms with van der Waals surface area (Å²) in [5, 5.41) is 12.8. The standard InChI is InChI=1S/C22H24N4O4S/c1-3-15-5-4-6-18-19(14-24-22(15)18)16-9-11-25(12-10-16)20-8-7-17(31(29,30)23-2)13-21(20)26(27)28/h4-9,13-14,23-24H,3,10-12H2,1-2H3. The summed E-state index contributed by atoms with van der Waals surface area (Å²) in [4.78, 5) is 16.3. The monoisotopic (exact) mass is 440 g/mol. The summed E-state index contributed by atoms with van der Waals surface area (Å²) < 4.78 is 26.3. The third-order valence-corrected chi connectivity index (χ3v) is 7.21. The molecule has 2 heterocycles. The number of anilines is 1. The largest absolute Gasteiger partial charge is 0.362 e. The average Bonchev–Trinajstić information content (AvgIpc) is 3.23. The topological polar surface area (TPSA) is 108 Å². The molecule has 0 radical (unpaired) electrons. The Morgan fingerprint density at radius 1 is 1.26 bits per heavy atom. The first-order chi connectivity index (χ1) is 14.9. The molecule has 0 saturated heterocycles. The molecule has 0 amide bonds. The molecule has 1 aliphatic heterocycles. The van der Waals surface area contributed by atoms with Gasteiger partial charge in [0.05, 0.1) is 9.82 Å². The van der Waals surface area contributed by atoms with E-state index < -0.39 is 14.9 Å². The van der Waals surface area contributed by atoms with Crippen LogP contribution in [-0.2, 0) is 16.4 Å². The van der Waals surface area contributed by atoms with Gasteiger partial charge in [-0.05, 0) is 43.2 Å². The number of hydrogen-bond acceptors (Lipinski definition) is 5. The second-order valence-corrected chi connectivity index (χ2v) is 9.32. The van der Waals surface area contributed by atoms with E-state index in [1.165, 1.54) is 35.7 Å². The van der Waals surface area contributed by atoms with Gasteiger partial charge >= 0.3 is 0 Å². The number of para-hydroxylation sites is 1. The molecule has 162 valence electrons. The minimum absolute atomic E-state index is 0.121. The van der Waals surface area contributed by atoms with Gasteiger partial charge in [-0.25, -0.2) is 13.1 Å². The molecule has 0 bridgehead atoms. The average molecular weight is 441 g/mol. The molecule has 0 aliphatic carbocycles. The molecule has 9 heteroatoms. The van der Waals surface area contributed by atoms with Gasteiger partial charge in [0.25, 0.3) is 5.69 Å². The minimum atomic E-state index is -3.76. The van der Waals surface area contributed by atoms with Gasteiger partial charge in [0, 0.05) is 41.8 Å². The fourth-order valence-electron chi connectivity index (χ4n) is 4.11. The molecule has 0 unspecified atom stereocenters. The first-order valence-corrected chi connectivity index (χ1v) is 11.6. The van der Waals surface area contributed by atoms with Crippen LogP contribution in [0.1, 0.15) is 24.5 Å². The molecular formula is C22H24N4O4S. The molecule has 8 nitrogen and oxygen atoms in total. The highest BCUT2D eigenvalue weighted by Gasteiger charge is 2.25. The molecule has 0 spiro atoms. The van der Waals surface area contributed by atoms with E-state index in [0.29, 0.717) is 18.8 Å². The lowest BCUT2D eigenvalue weighted by Crippen LogP contribution is -2.29. The Kier molecular flexibility index (Phi) is 5.55. The number of fused-ring (bicyclic) bond motifs is 1. The molecule has 0 fully saturated rings. The van der Waals surface area contributed by atoms with Crippen molar-refractivity contribution in [3.05, 3.63) is 69.9 Å². The highest BCUT2D eigenvalue weighted by molar-refractivity contribution is 7.89. The van der Waals surface area contributed by atoms with Gasteiger partial charge in [-0.15, -0.1) is 0 Å². The number of rotatable bonds is 6. The molecule has 1 aliphatic rings. The van der Waals surface area contributed by atoms with Crippen LogP contribution in [0.3, 0.4) is 0 Å². The van der Waals surface area contributed by atoms with Crippen molar-refractivity contribution in [2.45, 2.75) is 24.7 Å². The van der Waals surface area contributed by atoms with Gasteiger partial charge in [0.15, 0.2) is 0 Å². The van der Waals surface area contributed by atoms with Crippen LogP contribution >= 0.6 is 0 Å². The summed E-state index contributed by atoms with van der Waals surface area (Å²) in [6.07, 6.45) is 5.81. The minimum Gasteiger partial charge on any atom is -0.362 e. The molecule has 3 aromatic rings. The zero-order valence-electron chi connectivity index (χ0n) is 17.4. The first kappa shape index (κ1) is 21.1. The molecular weight excluding hydrogens is 416 g/mol. The van der Waals surface area contributed by atoms with Crippen LogP contribution in [0.25, 0.3) is 16.5 Å². The van der Waals surface area contributed by atoms with Crippen molar-refractivity contribution >= 4 is 37.9 Å². The van der Waals surface area contributed by atoms with E-state index in [-0.39, 0.29) is 10.6 Å².